The zero-order valence-electron chi connectivity index (χ0n) is 14.2. The number of hydrogen-bond donors (Lipinski definition) is 1. The number of carbonyl (C=O) groups excluding carboxylic acids is 1. The van der Waals surface area contributed by atoms with Gasteiger partial charge in [0, 0.05) is 34.7 Å². The number of H-pyrrole nitrogens is 1. The Hall–Kier alpha value is -2.71. The van der Waals surface area contributed by atoms with Crippen LogP contribution < -0.4 is 0 Å². The molecule has 0 spiro atoms. The molecule has 3 aromatic rings. The van der Waals surface area contributed by atoms with E-state index in [9.17, 15) is 14.9 Å². The highest BCUT2D eigenvalue weighted by Gasteiger charge is 2.27. The van der Waals surface area contributed by atoms with Crippen LogP contribution in [0.15, 0.2) is 53.1 Å². The number of nitro groups is 1. The number of non-ortho nitro benzene ring substituents is 1. The minimum Gasteiger partial charge on any atom is -0.370 e. The number of amides is 1. The molecule has 138 valence electrons. The Bertz CT molecular complexity index is 1020. The molecule has 0 radical (unpaired) electrons. The molecule has 4 rings (SSSR count). The molecule has 1 aromatic heterocycles. The molecule has 1 aliphatic rings. The number of nitro benzene ring substituents is 1. The molecule has 1 amide bonds. The van der Waals surface area contributed by atoms with Crippen molar-refractivity contribution in [3.05, 3.63) is 74.4 Å². The van der Waals surface area contributed by atoms with Gasteiger partial charge < -0.3 is 14.6 Å². The number of hydrogen-bond acceptors (Lipinski definition) is 4. The summed E-state index contributed by atoms with van der Waals surface area (Å²) in [7, 11) is 0. The van der Waals surface area contributed by atoms with Gasteiger partial charge in [-0.3, -0.25) is 14.9 Å². The maximum atomic E-state index is 13.0. The van der Waals surface area contributed by atoms with E-state index in [1.807, 2.05) is 24.3 Å². The number of halogens is 1. The summed E-state index contributed by atoms with van der Waals surface area (Å²) in [5.74, 6) is -0.111. The highest BCUT2D eigenvalue weighted by Crippen LogP contribution is 2.28. The molecule has 1 aliphatic heterocycles. The Morgan fingerprint density at radius 2 is 2.04 bits per heavy atom. The SMILES string of the molecule is O=C(c1c[nH]c2cc([N+](=O)[O-])ccc12)N1CCOC(c2ccc(Br)cc2)C1. The Morgan fingerprint density at radius 1 is 1.26 bits per heavy atom. The summed E-state index contributed by atoms with van der Waals surface area (Å²) in [4.78, 5) is 28.2. The van der Waals surface area contributed by atoms with Gasteiger partial charge in [-0.2, -0.15) is 0 Å². The quantitative estimate of drug-likeness (QED) is 0.502. The van der Waals surface area contributed by atoms with Crippen LogP contribution >= 0.6 is 15.9 Å². The van der Waals surface area contributed by atoms with Crippen molar-refractivity contribution in [2.24, 2.45) is 0 Å². The third-order valence-electron chi connectivity index (χ3n) is 4.70. The smallest absolute Gasteiger partial charge is 0.271 e. The Balaban J connectivity index is 1.58. The molecule has 27 heavy (non-hydrogen) atoms. The number of fused-ring (bicyclic) bond motifs is 1. The molecular weight excluding hydrogens is 414 g/mol. The topological polar surface area (TPSA) is 88.5 Å². The highest BCUT2D eigenvalue weighted by molar-refractivity contribution is 9.10. The van der Waals surface area contributed by atoms with E-state index in [1.54, 1.807) is 17.2 Å². The molecule has 1 fully saturated rings. The van der Waals surface area contributed by atoms with Crippen LogP contribution in [0.3, 0.4) is 0 Å². The van der Waals surface area contributed by atoms with Crippen LogP contribution in [-0.4, -0.2) is 40.4 Å². The van der Waals surface area contributed by atoms with E-state index in [0.717, 1.165) is 10.0 Å². The first-order chi connectivity index (χ1) is 13.0. The number of aromatic amines is 1. The molecule has 0 saturated carbocycles. The normalized spacial score (nSPS) is 17.2. The molecule has 8 heteroatoms. The van der Waals surface area contributed by atoms with Crippen molar-refractivity contribution in [2.75, 3.05) is 19.7 Å². The number of aromatic nitrogens is 1. The molecule has 2 heterocycles. The van der Waals surface area contributed by atoms with E-state index in [-0.39, 0.29) is 17.7 Å². The van der Waals surface area contributed by atoms with Crippen LogP contribution in [0.2, 0.25) is 0 Å². The predicted molar refractivity (Wildman–Crippen MR) is 104 cm³/mol. The van der Waals surface area contributed by atoms with Crippen LogP contribution in [0.25, 0.3) is 10.9 Å². The van der Waals surface area contributed by atoms with E-state index in [4.69, 9.17) is 4.74 Å². The Kier molecular flexibility index (Phi) is 4.67. The Morgan fingerprint density at radius 3 is 2.78 bits per heavy atom. The van der Waals surface area contributed by atoms with Crippen LogP contribution in [0.5, 0.6) is 0 Å². The van der Waals surface area contributed by atoms with Crippen molar-refractivity contribution in [1.82, 2.24) is 9.88 Å². The predicted octanol–water partition coefficient (Wildman–Crippen LogP) is 4.05. The molecule has 1 N–H and O–H groups in total. The van der Waals surface area contributed by atoms with Gasteiger partial charge in [-0.15, -0.1) is 0 Å². The van der Waals surface area contributed by atoms with Gasteiger partial charge in [0.25, 0.3) is 11.6 Å². The summed E-state index contributed by atoms with van der Waals surface area (Å²) in [6, 6.07) is 12.3. The van der Waals surface area contributed by atoms with Crippen molar-refractivity contribution < 1.29 is 14.5 Å². The van der Waals surface area contributed by atoms with Crippen molar-refractivity contribution in [3.8, 4) is 0 Å². The summed E-state index contributed by atoms with van der Waals surface area (Å²) < 4.78 is 6.83. The summed E-state index contributed by atoms with van der Waals surface area (Å²) in [6.45, 7) is 1.42. The fourth-order valence-corrected chi connectivity index (χ4v) is 3.55. The first-order valence-corrected chi connectivity index (χ1v) is 9.24. The first kappa shape index (κ1) is 17.7. The van der Waals surface area contributed by atoms with Crippen LogP contribution in [-0.2, 0) is 4.74 Å². The molecule has 2 aromatic carbocycles. The lowest BCUT2D eigenvalue weighted by Gasteiger charge is -2.33. The maximum Gasteiger partial charge on any atom is 0.271 e. The monoisotopic (exact) mass is 429 g/mol. The summed E-state index contributed by atoms with van der Waals surface area (Å²) in [5, 5.41) is 11.6. The van der Waals surface area contributed by atoms with Gasteiger partial charge in [0.1, 0.15) is 6.10 Å². The van der Waals surface area contributed by atoms with Crippen LogP contribution in [0.4, 0.5) is 5.69 Å². The molecule has 0 bridgehead atoms. The van der Waals surface area contributed by atoms with E-state index in [1.165, 1.54) is 12.1 Å². The lowest BCUT2D eigenvalue weighted by Crippen LogP contribution is -2.42. The second kappa shape index (κ2) is 7.13. The number of nitrogens with zero attached hydrogens (tertiary/aromatic N) is 2. The van der Waals surface area contributed by atoms with E-state index in [2.05, 4.69) is 20.9 Å². The van der Waals surface area contributed by atoms with Crippen LogP contribution in [0, 0.1) is 10.1 Å². The second-order valence-electron chi connectivity index (χ2n) is 6.35. The fourth-order valence-electron chi connectivity index (χ4n) is 3.29. The van der Waals surface area contributed by atoms with Gasteiger partial charge in [-0.1, -0.05) is 28.1 Å². The lowest BCUT2D eigenvalue weighted by molar-refractivity contribution is -0.384. The van der Waals surface area contributed by atoms with Gasteiger partial charge >= 0.3 is 0 Å². The van der Waals surface area contributed by atoms with Gasteiger partial charge in [-0.25, -0.2) is 0 Å². The lowest BCUT2D eigenvalue weighted by atomic mass is 10.1. The number of ether oxygens (including phenoxy) is 1. The number of rotatable bonds is 3. The van der Waals surface area contributed by atoms with Gasteiger partial charge in [0.2, 0.25) is 0 Å². The molecule has 7 nitrogen and oxygen atoms in total. The van der Waals surface area contributed by atoms with E-state index >= 15 is 0 Å². The third-order valence-corrected chi connectivity index (χ3v) is 5.23. The second-order valence-corrected chi connectivity index (χ2v) is 7.27. The minimum atomic E-state index is -0.452. The fraction of sp³-hybridized carbons (Fsp3) is 0.211. The minimum absolute atomic E-state index is 0.00924. The number of morpholine rings is 1. The zero-order chi connectivity index (χ0) is 19.0. The maximum absolute atomic E-state index is 13.0. The average molecular weight is 430 g/mol. The number of benzene rings is 2. The Labute approximate surface area is 163 Å². The van der Waals surface area contributed by atoms with E-state index < -0.39 is 4.92 Å². The summed E-state index contributed by atoms with van der Waals surface area (Å²) >= 11 is 3.42. The number of nitrogens with one attached hydrogen (secondary N) is 1. The van der Waals surface area contributed by atoms with Gasteiger partial charge in [-0.05, 0) is 23.8 Å². The standard InChI is InChI=1S/C19H16BrN3O4/c20-13-3-1-12(2-4-13)18-11-22(7-8-27-18)19(24)16-10-21-17-9-14(23(25)26)5-6-15(16)17/h1-6,9-10,18,21H,7-8,11H2. The molecular formula is C19H16BrN3O4. The summed E-state index contributed by atoms with van der Waals surface area (Å²) in [5.41, 5.74) is 2.09. The van der Waals surface area contributed by atoms with Crippen molar-refractivity contribution in [2.45, 2.75) is 6.10 Å². The van der Waals surface area contributed by atoms with Crippen LogP contribution in [0.1, 0.15) is 22.0 Å². The highest BCUT2D eigenvalue weighted by atomic mass is 79.9. The average Bonchev–Trinajstić information content (AvgIpc) is 3.11. The molecule has 1 atom stereocenters. The van der Waals surface area contributed by atoms with Gasteiger partial charge in [0.15, 0.2) is 0 Å². The van der Waals surface area contributed by atoms with Crippen molar-refractivity contribution >= 4 is 38.4 Å². The first-order valence-electron chi connectivity index (χ1n) is 8.45. The molecule has 1 saturated heterocycles. The molecule has 0 aliphatic carbocycles. The summed E-state index contributed by atoms with van der Waals surface area (Å²) in [6.07, 6.45) is 1.43. The van der Waals surface area contributed by atoms with E-state index in [0.29, 0.717) is 36.2 Å². The third kappa shape index (κ3) is 3.45. The van der Waals surface area contributed by atoms with Crippen molar-refractivity contribution in [1.29, 1.82) is 0 Å². The largest absolute Gasteiger partial charge is 0.370 e. The number of carbonyl (C=O) groups is 1. The van der Waals surface area contributed by atoms with Gasteiger partial charge in [0.05, 0.1) is 29.2 Å². The molecule has 1 unspecified atom stereocenters. The van der Waals surface area contributed by atoms with Crippen molar-refractivity contribution in [3.63, 3.8) is 0 Å². The zero-order valence-corrected chi connectivity index (χ0v) is 15.8.